The molecule has 1 saturated heterocycles. The van der Waals surface area contributed by atoms with Gasteiger partial charge in [-0.3, -0.25) is 4.79 Å². The van der Waals surface area contributed by atoms with Crippen molar-refractivity contribution >= 4 is 12.0 Å². The summed E-state index contributed by atoms with van der Waals surface area (Å²) in [5.74, 6) is 0.148. The molecule has 1 aromatic carbocycles. The van der Waals surface area contributed by atoms with Gasteiger partial charge < -0.3 is 15.0 Å². The molecule has 5 heteroatoms. The van der Waals surface area contributed by atoms with Gasteiger partial charge in [-0.25, -0.2) is 4.79 Å². The smallest absolute Gasteiger partial charge is 0.409 e. The van der Waals surface area contributed by atoms with Crippen LogP contribution in [0.5, 0.6) is 0 Å². The average molecular weight is 330 g/mol. The summed E-state index contributed by atoms with van der Waals surface area (Å²) in [4.78, 5) is 26.4. The number of carbonyl (C=O) groups is 2. The number of nitrogens with zero attached hydrogens (tertiary/aromatic N) is 1. The number of ether oxygens (including phenoxy) is 1. The number of hydrogen-bond acceptors (Lipinski definition) is 3. The Hall–Kier alpha value is -2.04. The lowest BCUT2D eigenvalue weighted by Gasteiger charge is -2.42. The maximum Gasteiger partial charge on any atom is 0.409 e. The Bertz CT molecular complexity index is 576. The van der Waals surface area contributed by atoms with E-state index in [-0.39, 0.29) is 23.5 Å². The van der Waals surface area contributed by atoms with Gasteiger partial charge in [-0.1, -0.05) is 36.8 Å². The first kappa shape index (κ1) is 16.8. The van der Waals surface area contributed by atoms with Crippen molar-refractivity contribution < 1.29 is 14.3 Å². The van der Waals surface area contributed by atoms with Crippen LogP contribution < -0.4 is 5.32 Å². The first-order valence-corrected chi connectivity index (χ1v) is 8.94. The van der Waals surface area contributed by atoms with E-state index in [2.05, 4.69) is 17.4 Å². The molecule has 0 aromatic heterocycles. The second kappa shape index (κ2) is 7.24. The highest BCUT2D eigenvalue weighted by molar-refractivity contribution is 5.89. The standard InChI is InChI=1S/C19H26N2O3/c1-2-24-18(23)21-13-9-16(10-14-21)20-17(22)19(11-6-12-19)15-7-4-3-5-8-15/h3-5,7-8,16H,2,6,9-14H2,1H3,(H,20,22). The molecule has 0 spiro atoms. The van der Waals surface area contributed by atoms with Crippen LogP contribution in [0.2, 0.25) is 0 Å². The SMILES string of the molecule is CCOC(=O)N1CCC(NC(=O)C2(c3ccccc3)CCC2)CC1. The summed E-state index contributed by atoms with van der Waals surface area (Å²) < 4.78 is 5.04. The van der Waals surface area contributed by atoms with E-state index < -0.39 is 0 Å². The molecule has 1 aliphatic carbocycles. The molecule has 2 aliphatic rings. The van der Waals surface area contributed by atoms with Crippen LogP contribution in [0.3, 0.4) is 0 Å². The molecule has 0 bridgehead atoms. The highest BCUT2D eigenvalue weighted by Crippen LogP contribution is 2.44. The Morgan fingerprint density at radius 3 is 2.42 bits per heavy atom. The van der Waals surface area contributed by atoms with Crippen molar-refractivity contribution in [2.24, 2.45) is 0 Å². The Kier molecular flexibility index (Phi) is 5.07. The fraction of sp³-hybridized carbons (Fsp3) is 0.579. The first-order valence-electron chi connectivity index (χ1n) is 8.94. The Morgan fingerprint density at radius 1 is 1.21 bits per heavy atom. The average Bonchev–Trinajstić information content (AvgIpc) is 2.56. The lowest BCUT2D eigenvalue weighted by molar-refractivity contribution is -0.131. The second-order valence-corrected chi connectivity index (χ2v) is 6.74. The van der Waals surface area contributed by atoms with E-state index in [4.69, 9.17) is 4.74 Å². The molecule has 0 atom stereocenters. The third-order valence-corrected chi connectivity index (χ3v) is 5.32. The molecular weight excluding hydrogens is 304 g/mol. The van der Waals surface area contributed by atoms with Crippen molar-refractivity contribution in [3.8, 4) is 0 Å². The summed E-state index contributed by atoms with van der Waals surface area (Å²) in [6, 6.07) is 10.2. The minimum Gasteiger partial charge on any atom is -0.450 e. The largest absolute Gasteiger partial charge is 0.450 e. The van der Waals surface area contributed by atoms with Gasteiger partial charge in [-0.15, -0.1) is 0 Å². The normalized spacial score (nSPS) is 20.1. The summed E-state index contributed by atoms with van der Waals surface area (Å²) in [5, 5.41) is 3.23. The van der Waals surface area contributed by atoms with E-state index >= 15 is 0 Å². The van der Waals surface area contributed by atoms with Gasteiger partial charge in [0.1, 0.15) is 0 Å². The lowest BCUT2D eigenvalue weighted by atomic mass is 9.63. The number of amides is 2. The molecule has 3 rings (SSSR count). The van der Waals surface area contributed by atoms with Gasteiger partial charge in [0.25, 0.3) is 0 Å². The van der Waals surface area contributed by atoms with Gasteiger partial charge in [0.15, 0.2) is 0 Å². The molecule has 1 aliphatic heterocycles. The predicted octanol–water partition coefficient (Wildman–Crippen LogP) is 2.85. The maximum absolute atomic E-state index is 12.9. The summed E-state index contributed by atoms with van der Waals surface area (Å²) in [5.41, 5.74) is 0.775. The number of piperidine rings is 1. The molecule has 0 radical (unpaired) electrons. The van der Waals surface area contributed by atoms with Gasteiger partial charge in [0.2, 0.25) is 5.91 Å². The molecule has 5 nitrogen and oxygen atoms in total. The molecule has 0 unspecified atom stereocenters. The summed E-state index contributed by atoms with van der Waals surface area (Å²) in [6.45, 7) is 3.49. The number of nitrogens with one attached hydrogen (secondary N) is 1. The van der Waals surface area contributed by atoms with Crippen LogP contribution in [0.1, 0.15) is 44.6 Å². The fourth-order valence-electron chi connectivity index (χ4n) is 3.68. The topological polar surface area (TPSA) is 58.6 Å². The summed E-state index contributed by atoms with van der Waals surface area (Å²) in [7, 11) is 0. The van der Waals surface area contributed by atoms with E-state index in [0.29, 0.717) is 19.7 Å². The first-order chi connectivity index (χ1) is 11.7. The van der Waals surface area contributed by atoms with Crippen LogP contribution >= 0.6 is 0 Å². The Morgan fingerprint density at radius 2 is 1.88 bits per heavy atom. The quantitative estimate of drug-likeness (QED) is 0.923. The number of hydrogen-bond donors (Lipinski definition) is 1. The highest BCUT2D eigenvalue weighted by atomic mass is 16.6. The third-order valence-electron chi connectivity index (χ3n) is 5.32. The van der Waals surface area contributed by atoms with Crippen molar-refractivity contribution in [2.75, 3.05) is 19.7 Å². The molecular formula is C19H26N2O3. The van der Waals surface area contributed by atoms with Crippen molar-refractivity contribution in [2.45, 2.75) is 50.5 Å². The van der Waals surface area contributed by atoms with Crippen molar-refractivity contribution in [1.82, 2.24) is 10.2 Å². The van der Waals surface area contributed by atoms with E-state index in [1.807, 2.05) is 25.1 Å². The number of rotatable bonds is 4. The lowest BCUT2D eigenvalue weighted by Crippen LogP contribution is -2.54. The highest BCUT2D eigenvalue weighted by Gasteiger charge is 2.46. The molecule has 130 valence electrons. The van der Waals surface area contributed by atoms with E-state index in [0.717, 1.165) is 37.7 Å². The van der Waals surface area contributed by atoms with Crippen LogP contribution in [0.15, 0.2) is 30.3 Å². The zero-order chi connectivity index (χ0) is 17.0. The molecule has 24 heavy (non-hydrogen) atoms. The Balaban J connectivity index is 1.57. The minimum absolute atomic E-state index is 0.143. The minimum atomic E-state index is -0.348. The number of likely N-dealkylation sites (tertiary alicyclic amines) is 1. The second-order valence-electron chi connectivity index (χ2n) is 6.74. The van der Waals surface area contributed by atoms with Crippen LogP contribution in [0, 0.1) is 0 Å². The van der Waals surface area contributed by atoms with Gasteiger partial charge in [-0.2, -0.15) is 0 Å². The molecule has 2 amide bonds. The van der Waals surface area contributed by atoms with E-state index in [1.165, 1.54) is 0 Å². The fourth-order valence-corrected chi connectivity index (χ4v) is 3.68. The molecule has 1 heterocycles. The number of benzene rings is 1. The summed E-state index contributed by atoms with van der Waals surface area (Å²) >= 11 is 0. The number of carbonyl (C=O) groups excluding carboxylic acids is 2. The van der Waals surface area contributed by atoms with Crippen molar-refractivity contribution in [1.29, 1.82) is 0 Å². The molecule has 1 saturated carbocycles. The third kappa shape index (κ3) is 3.25. The maximum atomic E-state index is 12.9. The van der Waals surface area contributed by atoms with Gasteiger partial charge in [0.05, 0.1) is 12.0 Å². The molecule has 2 fully saturated rings. The summed E-state index contributed by atoms with van der Waals surface area (Å²) in [6.07, 6.45) is 4.27. The monoisotopic (exact) mass is 330 g/mol. The van der Waals surface area contributed by atoms with Crippen LogP contribution in [0.25, 0.3) is 0 Å². The molecule has 1 aromatic rings. The zero-order valence-corrected chi connectivity index (χ0v) is 14.3. The van der Waals surface area contributed by atoms with E-state index in [1.54, 1.807) is 4.90 Å². The van der Waals surface area contributed by atoms with Crippen molar-refractivity contribution in [3.63, 3.8) is 0 Å². The van der Waals surface area contributed by atoms with Crippen molar-refractivity contribution in [3.05, 3.63) is 35.9 Å². The van der Waals surface area contributed by atoms with Gasteiger partial charge in [0, 0.05) is 19.1 Å². The van der Waals surface area contributed by atoms with Crippen LogP contribution in [-0.4, -0.2) is 42.6 Å². The zero-order valence-electron chi connectivity index (χ0n) is 14.3. The van der Waals surface area contributed by atoms with Gasteiger partial charge >= 0.3 is 6.09 Å². The molecule has 1 N–H and O–H groups in total. The van der Waals surface area contributed by atoms with E-state index in [9.17, 15) is 9.59 Å². The van der Waals surface area contributed by atoms with Gasteiger partial charge in [-0.05, 0) is 38.2 Å². The van der Waals surface area contributed by atoms with Crippen LogP contribution in [-0.2, 0) is 14.9 Å². The predicted molar refractivity (Wildman–Crippen MR) is 91.7 cm³/mol. The Labute approximate surface area is 143 Å². The van der Waals surface area contributed by atoms with Crippen LogP contribution in [0.4, 0.5) is 4.79 Å².